The first-order chi connectivity index (χ1) is 14.1. The van der Waals surface area contributed by atoms with Gasteiger partial charge in [-0.05, 0) is 37.3 Å². The molecule has 2 aromatic heterocycles. The average molecular weight is 388 g/mol. The Balaban J connectivity index is 1.66. The summed E-state index contributed by atoms with van der Waals surface area (Å²) in [5, 5.41) is 11.2. The number of carbonyl (C=O) groups excluding carboxylic acids is 1. The molecule has 2 heterocycles. The molecule has 1 N–H and O–H groups in total. The second-order valence-electron chi connectivity index (χ2n) is 6.51. The summed E-state index contributed by atoms with van der Waals surface area (Å²) in [6, 6.07) is 20.9. The number of benzene rings is 2. The minimum Gasteiger partial charge on any atom is -0.497 e. The SMILES string of the molecule is COc1ccc(-n2nc(C(=O)NCc3cc(C)no3)cc2-c2ccccc2)cc1. The van der Waals surface area contributed by atoms with Gasteiger partial charge in [-0.3, -0.25) is 4.79 Å². The van der Waals surface area contributed by atoms with Gasteiger partial charge in [-0.2, -0.15) is 5.10 Å². The third-order valence-corrected chi connectivity index (χ3v) is 4.43. The predicted octanol–water partition coefficient (Wildman–Crippen LogP) is 3.77. The van der Waals surface area contributed by atoms with Gasteiger partial charge < -0.3 is 14.6 Å². The Morgan fingerprint density at radius 1 is 1.10 bits per heavy atom. The third kappa shape index (κ3) is 4.03. The van der Waals surface area contributed by atoms with Crippen molar-refractivity contribution in [1.29, 1.82) is 0 Å². The van der Waals surface area contributed by atoms with E-state index in [1.54, 1.807) is 23.9 Å². The summed E-state index contributed by atoms with van der Waals surface area (Å²) < 4.78 is 12.1. The highest BCUT2D eigenvalue weighted by Crippen LogP contribution is 2.25. The Labute approximate surface area is 167 Å². The van der Waals surface area contributed by atoms with Crippen LogP contribution in [0.15, 0.2) is 71.3 Å². The highest BCUT2D eigenvalue weighted by Gasteiger charge is 2.17. The van der Waals surface area contributed by atoms with Crippen molar-refractivity contribution in [2.24, 2.45) is 0 Å². The smallest absolute Gasteiger partial charge is 0.272 e. The maximum absolute atomic E-state index is 12.7. The van der Waals surface area contributed by atoms with Gasteiger partial charge in [0.05, 0.1) is 30.7 Å². The van der Waals surface area contributed by atoms with Gasteiger partial charge in [-0.25, -0.2) is 4.68 Å². The van der Waals surface area contributed by atoms with E-state index in [1.165, 1.54) is 0 Å². The minimum absolute atomic E-state index is 0.246. The van der Waals surface area contributed by atoms with Crippen LogP contribution in [-0.2, 0) is 6.54 Å². The van der Waals surface area contributed by atoms with Crippen LogP contribution in [0.25, 0.3) is 16.9 Å². The van der Waals surface area contributed by atoms with Gasteiger partial charge in [-0.1, -0.05) is 35.5 Å². The van der Waals surface area contributed by atoms with Crippen molar-refractivity contribution >= 4 is 5.91 Å². The molecule has 0 saturated carbocycles. The molecule has 29 heavy (non-hydrogen) atoms. The average Bonchev–Trinajstić information content (AvgIpc) is 3.39. The van der Waals surface area contributed by atoms with Gasteiger partial charge >= 0.3 is 0 Å². The van der Waals surface area contributed by atoms with Crippen LogP contribution in [0.1, 0.15) is 21.9 Å². The van der Waals surface area contributed by atoms with Gasteiger partial charge in [0.15, 0.2) is 11.5 Å². The molecule has 0 aliphatic carbocycles. The molecule has 0 spiro atoms. The van der Waals surface area contributed by atoms with Crippen molar-refractivity contribution in [2.75, 3.05) is 7.11 Å². The van der Waals surface area contributed by atoms with Crippen LogP contribution < -0.4 is 10.1 Å². The lowest BCUT2D eigenvalue weighted by atomic mass is 10.1. The largest absolute Gasteiger partial charge is 0.497 e. The lowest BCUT2D eigenvalue weighted by Crippen LogP contribution is -2.23. The lowest BCUT2D eigenvalue weighted by Gasteiger charge is -2.08. The van der Waals surface area contributed by atoms with Crippen molar-refractivity contribution in [2.45, 2.75) is 13.5 Å². The molecule has 0 atom stereocenters. The maximum Gasteiger partial charge on any atom is 0.272 e. The second-order valence-corrected chi connectivity index (χ2v) is 6.51. The fourth-order valence-electron chi connectivity index (χ4n) is 2.98. The van der Waals surface area contributed by atoms with Gasteiger partial charge in [0.1, 0.15) is 5.75 Å². The van der Waals surface area contributed by atoms with Crippen LogP contribution in [0.4, 0.5) is 0 Å². The number of hydrogen-bond acceptors (Lipinski definition) is 5. The lowest BCUT2D eigenvalue weighted by molar-refractivity contribution is 0.0941. The zero-order chi connectivity index (χ0) is 20.2. The van der Waals surface area contributed by atoms with E-state index in [1.807, 2.05) is 61.5 Å². The van der Waals surface area contributed by atoms with E-state index in [0.29, 0.717) is 11.5 Å². The van der Waals surface area contributed by atoms with Gasteiger partial charge in [0, 0.05) is 11.6 Å². The molecule has 4 rings (SSSR count). The summed E-state index contributed by atoms with van der Waals surface area (Å²) in [6.45, 7) is 2.08. The van der Waals surface area contributed by atoms with E-state index >= 15 is 0 Å². The van der Waals surface area contributed by atoms with Crippen LogP contribution in [0.5, 0.6) is 5.75 Å². The Kier molecular flexibility index (Phi) is 5.11. The van der Waals surface area contributed by atoms with Crippen molar-refractivity contribution in [3.63, 3.8) is 0 Å². The fourth-order valence-corrected chi connectivity index (χ4v) is 2.98. The third-order valence-electron chi connectivity index (χ3n) is 4.43. The topological polar surface area (TPSA) is 82.2 Å². The molecule has 0 unspecified atom stereocenters. The summed E-state index contributed by atoms with van der Waals surface area (Å²) in [4.78, 5) is 12.7. The van der Waals surface area contributed by atoms with E-state index in [-0.39, 0.29) is 12.5 Å². The molecular weight excluding hydrogens is 368 g/mol. The number of rotatable bonds is 6. The molecule has 146 valence electrons. The summed E-state index contributed by atoms with van der Waals surface area (Å²) in [5.74, 6) is 1.06. The highest BCUT2D eigenvalue weighted by atomic mass is 16.5. The number of aryl methyl sites for hydroxylation is 1. The first kappa shape index (κ1) is 18.5. The number of ether oxygens (including phenoxy) is 1. The first-order valence-corrected chi connectivity index (χ1v) is 9.14. The van der Waals surface area contributed by atoms with Gasteiger partial charge in [0.25, 0.3) is 5.91 Å². The summed E-state index contributed by atoms with van der Waals surface area (Å²) in [6.07, 6.45) is 0. The molecule has 2 aromatic carbocycles. The number of hydrogen-bond donors (Lipinski definition) is 1. The first-order valence-electron chi connectivity index (χ1n) is 9.14. The Morgan fingerprint density at radius 2 is 1.86 bits per heavy atom. The number of amides is 1. The predicted molar refractivity (Wildman–Crippen MR) is 108 cm³/mol. The molecule has 1 amide bonds. The van der Waals surface area contributed by atoms with Crippen molar-refractivity contribution in [1.82, 2.24) is 20.3 Å². The molecule has 4 aromatic rings. The normalized spacial score (nSPS) is 10.7. The summed E-state index contributed by atoms with van der Waals surface area (Å²) in [7, 11) is 1.62. The van der Waals surface area contributed by atoms with E-state index in [0.717, 1.165) is 28.4 Å². The zero-order valence-corrected chi connectivity index (χ0v) is 16.1. The van der Waals surface area contributed by atoms with E-state index in [2.05, 4.69) is 15.6 Å². The van der Waals surface area contributed by atoms with E-state index < -0.39 is 0 Å². The molecule has 0 fully saturated rings. The van der Waals surface area contributed by atoms with Gasteiger partial charge in [-0.15, -0.1) is 0 Å². The number of aromatic nitrogens is 3. The standard InChI is InChI=1S/C22H20N4O3/c1-15-12-19(29-25-15)14-23-22(27)20-13-21(16-6-4-3-5-7-16)26(24-20)17-8-10-18(28-2)11-9-17/h3-13H,14H2,1-2H3,(H,23,27). The second kappa shape index (κ2) is 8.02. The van der Waals surface area contributed by atoms with Crippen molar-refractivity contribution in [3.8, 4) is 22.7 Å². The van der Waals surface area contributed by atoms with Crippen LogP contribution in [-0.4, -0.2) is 28.0 Å². The molecule has 0 bridgehead atoms. The molecule has 0 radical (unpaired) electrons. The Morgan fingerprint density at radius 3 is 2.52 bits per heavy atom. The number of nitrogens with one attached hydrogen (secondary N) is 1. The minimum atomic E-state index is -0.288. The maximum atomic E-state index is 12.7. The van der Waals surface area contributed by atoms with Gasteiger partial charge in [0.2, 0.25) is 0 Å². The molecule has 7 heteroatoms. The molecule has 0 aliphatic rings. The fraction of sp³-hybridized carbons (Fsp3) is 0.136. The number of methoxy groups -OCH3 is 1. The molecule has 0 saturated heterocycles. The Bertz CT molecular complexity index is 1110. The van der Waals surface area contributed by atoms with Crippen LogP contribution in [0.3, 0.4) is 0 Å². The summed E-state index contributed by atoms with van der Waals surface area (Å²) in [5.41, 5.74) is 3.69. The molecule has 0 aliphatic heterocycles. The van der Waals surface area contributed by atoms with Crippen molar-refractivity contribution in [3.05, 3.63) is 83.9 Å². The van der Waals surface area contributed by atoms with E-state index in [4.69, 9.17) is 9.26 Å². The zero-order valence-electron chi connectivity index (χ0n) is 16.1. The Hall–Kier alpha value is -3.87. The number of nitrogens with zero attached hydrogens (tertiary/aromatic N) is 3. The van der Waals surface area contributed by atoms with Crippen LogP contribution in [0.2, 0.25) is 0 Å². The van der Waals surface area contributed by atoms with E-state index in [9.17, 15) is 4.79 Å². The molecule has 7 nitrogen and oxygen atoms in total. The van der Waals surface area contributed by atoms with Crippen molar-refractivity contribution < 1.29 is 14.1 Å². The van der Waals surface area contributed by atoms with Crippen LogP contribution >= 0.6 is 0 Å². The quantitative estimate of drug-likeness (QED) is 0.544. The summed E-state index contributed by atoms with van der Waals surface area (Å²) >= 11 is 0. The number of carbonyl (C=O) groups is 1. The van der Waals surface area contributed by atoms with Crippen LogP contribution in [0, 0.1) is 6.92 Å². The highest BCUT2D eigenvalue weighted by molar-refractivity contribution is 5.93. The monoisotopic (exact) mass is 388 g/mol. The molecular formula is C22H20N4O3.